The molecule has 0 bridgehead atoms. The molecule has 0 radical (unpaired) electrons. The van der Waals surface area contributed by atoms with E-state index in [-0.39, 0.29) is 10.8 Å². The van der Waals surface area contributed by atoms with Crippen molar-refractivity contribution in [3.05, 3.63) is 114 Å². The Labute approximate surface area is 222 Å². The summed E-state index contributed by atoms with van der Waals surface area (Å²) in [6, 6.07) is 19.6. The molecule has 2 aromatic carbocycles. The summed E-state index contributed by atoms with van der Waals surface area (Å²) in [5.74, 6) is -0.218. The first-order chi connectivity index (χ1) is 18.0. The Balaban J connectivity index is 1.48. The van der Waals surface area contributed by atoms with Crippen LogP contribution in [0, 0.1) is 0 Å². The maximum absolute atomic E-state index is 13.6. The van der Waals surface area contributed by atoms with Gasteiger partial charge < -0.3 is 0 Å². The van der Waals surface area contributed by atoms with Crippen molar-refractivity contribution in [2.24, 2.45) is 0 Å². The van der Waals surface area contributed by atoms with E-state index in [1.165, 1.54) is 0 Å². The first kappa shape index (κ1) is 24.9. The standard InChI is InChI=1S/C28H25ClN4O3S/c1-2-3-10-24-23(26(34)33(27(29)30-24)17-20-7-6-15-37-20)16-18-11-13-19(14-12-18)21-8-4-5-9-22(21)25-31-28(35)36-32-25/h4-9,11-15H,2-3,10,16-17H2,1H3,(H,31,32,35). The number of aromatic nitrogens is 4. The molecule has 5 aromatic rings. The normalized spacial score (nSPS) is 11.2. The minimum atomic E-state index is -0.597. The molecular weight excluding hydrogens is 508 g/mol. The highest BCUT2D eigenvalue weighted by Crippen LogP contribution is 2.30. The summed E-state index contributed by atoms with van der Waals surface area (Å²) < 4.78 is 6.25. The third-order valence-electron chi connectivity index (χ3n) is 6.23. The van der Waals surface area contributed by atoms with E-state index in [0.717, 1.165) is 45.7 Å². The van der Waals surface area contributed by atoms with Crippen molar-refractivity contribution in [1.82, 2.24) is 19.7 Å². The van der Waals surface area contributed by atoms with Crippen molar-refractivity contribution in [3.8, 4) is 22.5 Å². The van der Waals surface area contributed by atoms with Gasteiger partial charge in [-0.3, -0.25) is 18.9 Å². The van der Waals surface area contributed by atoms with Gasteiger partial charge in [0.2, 0.25) is 5.28 Å². The van der Waals surface area contributed by atoms with Crippen molar-refractivity contribution in [2.75, 3.05) is 0 Å². The molecule has 37 heavy (non-hydrogen) atoms. The predicted molar refractivity (Wildman–Crippen MR) is 146 cm³/mol. The molecule has 188 valence electrons. The third-order valence-corrected chi connectivity index (χ3v) is 7.38. The van der Waals surface area contributed by atoms with Gasteiger partial charge in [0.25, 0.3) is 5.56 Å². The van der Waals surface area contributed by atoms with E-state index in [1.54, 1.807) is 15.9 Å². The zero-order valence-corrected chi connectivity index (χ0v) is 21.8. The molecular formula is C28H25ClN4O3S. The highest BCUT2D eigenvalue weighted by Gasteiger charge is 2.17. The largest absolute Gasteiger partial charge is 0.439 e. The summed E-state index contributed by atoms with van der Waals surface area (Å²) in [5.41, 5.74) is 4.99. The lowest BCUT2D eigenvalue weighted by Gasteiger charge is -2.14. The lowest BCUT2D eigenvalue weighted by atomic mass is 9.96. The summed E-state index contributed by atoms with van der Waals surface area (Å²) in [5, 5.41) is 6.05. The number of rotatable bonds is 9. The number of H-pyrrole nitrogens is 1. The van der Waals surface area contributed by atoms with E-state index >= 15 is 0 Å². The number of aryl methyl sites for hydroxylation is 1. The molecule has 5 rings (SSSR count). The maximum atomic E-state index is 13.6. The molecule has 0 saturated heterocycles. The van der Waals surface area contributed by atoms with Crippen molar-refractivity contribution < 1.29 is 4.52 Å². The van der Waals surface area contributed by atoms with E-state index in [0.29, 0.717) is 30.8 Å². The number of aromatic amines is 1. The molecule has 3 aromatic heterocycles. The second-order valence-corrected chi connectivity index (χ2v) is 10.1. The van der Waals surface area contributed by atoms with Crippen LogP contribution in [0.1, 0.15) is 41.5 Å². The first-order valence-electron chi connectivity index (χ1n) is 12.1. The average Bonchev–Trinajstić information content (AvgIpc) is 3.59. The van der Waals surface area contributed by atoms with Crippen LogP contribution in [0.4, 0.5) is 0 Å². The predicted octanol–water partition coefficient (Wildman–Crippen LogP) is 5.95. The maximum Gasteiger partial charge on any atom is 0.439 e. The average molecular weight is 533 g/mol. The highest BCUT2D eigenvalue weighted by molar-refractivity contribution is 7.09. The lowest BCUT2D eigenvalue weighted by molar-refractivity contribution is 0.388. The lowest BCUT2D eigenvalue weighted by Crippen LogP contribution is -2.28. The zero-order valence-electron chi connectivity index (χ0n) is 20.2. The summed E-state index contributed by atoms with van der Waals surface area (Å²) in [6.07, 6.45) is 3.11. The summed E-state index contributed by atoms with van der Waals surface area (Å²) >= 11 is 8.07. The smallest absolute Gasteiger partial charge is 0.296 e. The number of halogens is 1. The SMILES string of the molecule is CCCCc1nc(Cl)n(Cc2cccs2)c(=O)c1Cc1ccc(-c2ccccc2-c2noc(=O)[nH]2)cc1. The van der Waals surface area contributed by atoms with Crippen LogP contribution in [0.3, 0.4) is 0 Å². The number of hydrogen-bond donors (Lipinski definition) is 1. The second kappa shape index (κ2) is 11.1. The van der Waals surface area contributed by atoms with Gasteiger partial charge >= 0.3 is 5.76 Å². The molecule has 7 nitrogen and oxygen atoms in total. The minimum Gasteiger partial charge on any atom is -0.296 e. The van der Waals surface area contributed by atoms with Crippen LogP contribution in [-0.4, -0.2) is 19.7 Å². The quantitative estimate of drug-likeness (QED) is 0.237. The molecule has 0 fully saturated rings. The number of hydrogen-bond acceptors (Lipinski definition) is 6. The fourth-order valence-electron chi connectivity index (χ4n) is 4.33. The summed E-state index contributed by atoms with van der Waals surface area (Å²) in [7, 11) is 0. The fourth-order valence-corrected chi connectivity index (χ4v) is 5.26. The minimum absolute atomic E-state index is 0.0936. The topological polar surface area (TPSA) is 93.8 Å². The second-order valence-electron chi connectivity index (χ2n) is 8.74. The number of benzene rings is 2. The van der Waals surface area contributed by atoms with E-state index < -0.39 is 5.76 Å². The Morgan fingerprint density at radius 1 is 1.03 bits per heavy atom. The van der Waals surface area contributed by atoms with Crippen molar-refractivity contribution in [3.63, 3.8) is 0 Å². The number of nitrogens with zero attached hydrogens (tertiary/aromatic N) is 3. The Morgan fingerprint density at radius 2 is 1.81 bits per heavy atom. The number of thiophene rings is 1. The molecule has 0 aliphatic carbocycles. The van der Waals surface area contributed by atoms with Crippen molar-refractivity contribution in [1.29, 1.82) is 0 Å². The van der Waals surface area contributed by atoms with Gasteiger partial charge in [0.15, 0.2) is 5.82 Å². The molecule has 9 heteroatoms. The number of nitrogens with one attached hydrogen (secondary N) is 1. The van der Waals surface area contributed by atoms with Crippen LogP contribution in [0.5, 0.6) is 0 Å². The van der Waals surface area contributed by atoms with E-state index in [9.17, 15) is 9.59 Å². The van der Waals surface area contributed by atoms with E-state index in [4.69, 9.17) is 11.6 Å². The molecule has 0 unspecified atom stereocenters. The summed E-state index contributed by atoms with van der Waals surface area (Å²) in [6.45, 7) is 2.52. The molecule has 1 N–H and O–H groups in total. The van der Waals surface area contributed by atoms with Gasteiger partial charge in [0.05, 0.1) is 12.2 Å². The fraction of sp³-hybridized carbons (Fsp3) is 0.214. The Morgan fingerprint density at radius 3 is 2.49 bits per heavy atom. The van der Waals surface area contributed by atoms with Crippen LogP contribution < -0.4 is 11.3 Å². The molecule has 0 atom stereocenters. The van der Waals surface area contributed by atoms with Crippen LogP contribution in [0.25, 0.3) is 22.5 Å². The van der Waals surface area contributed by atoms with E-state index in [2.05, 4.69) is 26.6 Å². The van der Waals surface area contributed by atoms with Gasteiger partial charge in [-0.05, 0) is 52.6 Å². The van der Waals surface area contributed by atoms with Crippen molar-refractivity contribution in [2.45, 2.75) is 39.2 Å². The molecule has 0 amide bonds. The van der Waals surface area contributed by atoms with Gasteiger partial charge in [-0.2, -0.15) is 0 Å². The van der Waals surface area contributed by atoms with Crippen molar-refractivity contribution >= 4 is 22.9 Å². The van der Waals surface area contributed by atoms with Crippen LogP contribution >= 0.6 is 22.9 Å². The molecule has 0 aliphatic rings. The number of unbranched alkanes of at least 4 members (excludes halogenated alkanes) is 1. The van der Waals surface area contributed by atoms with Gasteiger partial charge in [-0.15, -0.1) is 11.3 Å². The van der Waals surface area contributed by atoms with Crippen LogP contribution in [0.15, 0.2) is 80.2 Å². The van der Waals surface area contributed by atoms with Crippen LogP contribution in [0.2, 0.25) is 5.28 Å². The van der Waals surface area contributed by atoms with Gasteiger partial charge in [0.1, 0.15) is 0 Å². The Hall–Kier alpha value is -3.75. The molecule has 0 saturated carbocycles. The third kappa shape index (κ3) is 5.50. The van der Waals surface area contributed by atoms with Crippen LogP contribution in [-0.2, 0) is 19.4 Å². The monoisotopic (exact) mass is 532 g/mol. The molecule has 0 aliphatic heterocycles. The zero-order chi connectivity index (χ0) is 25.8. The first-order valence-corrected chi connectivity index (χ1v) is 13.3. The summed E-state index contributed by atoms with van der Waals surface area (Å²) in [4.78, 5) is 33.4. The van der Waals surface area contributed by atoms with Gasteiger partial charge in [-0.25, -0.2) is 9.78 Å². The van der Waals surface area contributed by atoms with E-state index in [1.807, 2.05) is 66.0 Å². The Kier molecular flexibility index (Phi) is 7.48. The molecule has 0 spiro atoms. The highest BCUT2D eigenvalue weighted by atomic mass is 35.5. The van der Waals surface area contributed by atoms with Gasteiger partial charge in [0, 0.05) is 22.4 Å². The van der Waals surface area contributed by atoms with Gasteiger partial charge in [-0.1, -0.05) is 73.1 Å². The Bertz CT molecular complexity index is 1620. The molecule has 3 heterocycles.